The summed E-state index contributed by atoms with van der Waals surface area (Å²) in [4.78, 5) is 9.48. The van der Waals surface area contributed by atoms with Crippen molar-refractivity contribution < 1.29 is 39.6 Å². The fourth-order valence-corrected chi connectivity index (χ4v) is 2.30. The Morgan fingerprint density at radius 3 is 1.64 bits per heavy atom. The van der Waals surface area contributed by atoms with Crippen LogP contribution in [0.25, 0.3) is 0 Å². The average molecular weight is 370 g/mol. The molecule has 0 spiro atoms. The maximum atomic E-state index is 12.9. The molecule has 12 heteroatoms. The molecule has 1 rings (SSSR count). The fourth-order valence-electron chi connectivity index (χ4n) is 1.51. The number of benzene rings is 1. The van der Waals surface area contributed by atoms with Crippen LogP contribution in [0.4, 0.5) is 32.0 Å². The van der Waals surface area contributed by atoms with Gasteiger partial charge in [-0.05, 0) is 12.1 Å². The Morgan fingerprint density at radius 2 is 1.41 bits per heavy atom. The van der Waals surface area contributed by atoms with E-state index in [0.29, 0.717) is 6.92 Å². The molecule has 4 nitrogen and oxygen atoms in total. The zero-order valence-corrected chi connectivity index (χ0v) is 12.0. The van der Waals surface area contributed by atoms with Gasteiger partial charge in [0.15, 0.2) is 0 Å². The number of hydrogen-bond donors (Lipinski definition) is 1. The van der Waals surface area contributed by atoms with Crippen molar-refractivity contribution in [2.75, 3.05) is 5.32 Å². The van der Waals surface area contributed by atoms with E-state index in [1.54, 1.807) is 0 Å². The molecule has 0 heterocycles. The van der Waals surface area contributed by atoms with Crippen LogP contribution >= 0.6 is 10.7 Å². The smallest absolute Gasteiger partial charge is 0.325 e. The maximum Gasteiger partial charge on any atom is 0.418 e. The summed E-state index contributed by atoms with van der Waals surface area (Å²) in [5.74, 6) is -1.20. The number of amides is 1. The second kappa shape index (κ2) is 5.61. The molecule has 1 aromatic rings. The van der Waals surface area contributed by atoms with Crippen molar-refractivity contribution in [2.45, 2.75) is 24.2 Å². The highest BCUT2D eigenvalue weighted by Gasteiger charge is 2.42. The molecule has 22 heavy (non-hydrogen) atoms. The number of hydrogen-bond acceptors (Lipinski definition) is 3. The third-order valence-corrected chi connectivity index (χ3v) is 3.64. The summed E-state index contributed by atoms with van der Waals surface area (Å²) in [5, 5.41) is 1.42. The van der Waals surface area contributed by atoms with E-state index in [1.807, 2.05) is 0 Å². The molecule has 0 aliphatic heterocycles. The highest BCUT2D eigenvalue weighted by Crippen LogP contribution is 2.44. The Balaban J connectivity index is 3.90. The van der Waals surface area contributed by atoms with Crippen molar-refractivity contribution in [3.63, 3.8) is 0 Å². The summed E-state index contributed by atoms with van der Waals surface area (Å²) in [6.45, 7) is 0.701. The number of halogens is 7. The Bertz CT molecular complexity index is 675. The summed E-state index contributed by atoms with van der Waals surface area (Å²) in [7, 11) is -0.0432. The van der Waals surface area contributed by atoms with Gasteiger partial charge in [0.2, 0.25) is 5.91 Å². The molecule has 0 aromatic heterocycles. The van der Waals surface area contributed by atoms with Crippen LogP contribution in [0, 0.1) is 0 Å². The quantitative estimate of drug-likeness (QED) is 0.640. The van der Waals surface area contributed by atoms with E-state index in [0.717, 1.165) is 0 Å². The third kappa shape index (κ3) is 4.26. The van der Waals surface area contributed by atoms with E-state index in [9.17, 15) is 39.6 Å². The van der Waals surface area contributed by atoms with Crippen LogP contribution < -0.4 is 5.32 Å². The SMILES string of the molecule is CC(=O)Nc1c(C(F)(F)F)cc(S(=O)(=O)Cl)cc1C(F)(F)F. The lowest BCUT2D eigenvalue weighted by Gasteiger charge is -2.19. The number of alkyl halides is 6. The molecule has 1 N–H and O–H groups in total. The molecule has 0 aliphatic carbocycles. The van der Waals surface area contributed by atoms with E-state index in [1.165, 1.54) is 5.32 Å². The molecule has 0 radical (unpaired) electrons. The van der Waals surface area contributed by atoms with Gasteiger partial charge in [-0.1, -0.05) is 0 Å². The summed E-state index contributed by atoms with van der Waals surface area (Å²) in [6.07, 6.45) is -10.7. The third-order valence-electron chi connectivity index (χ3n) is 2.31. The van der Waals surface area contributed by atoms with E-state index < -0.39 is 49.0 Å². The number of carbonyl (C=O) groups is 1. The molecule has 0 saturated carbocycles. The van der Waals surface area contributed by atoms with Gasteiger partial charge in [0.25, 0.3) is 9.05 Å². The highest BCUT2D eigenvalue weighted by atomic mass is 35.7. The summed E-state index contributed by atoms with van der Waals surface area (Å²) < 4.78 is 99.4. The topological polar surface area (TPSA) is 63.2 Å². The van der Waals surface area contributed by atoms with Gasteiger partial charge in [0, 0.05) is 17.6 Å². The molecule has 0 atom stereocenters. The number of rotatable bonds is 2. The van der Waals surface area contributed by atoms with Gasteiger partial charge < -0.3 is 5.32 Å². The zero-order chi connectivity index (χ0) is 17.5. The molecule has 1 aromatic carbocycles. The van der Waals surface area contributed by atoms with Crippen LogP contribution in [0.1, 0.15) is 18.1 Å². The Labute approximate surface area is 124 Å². The van der Waals surface area contributed by atoms with E-state index in [2.05, 4.69) is 0 Å². The van der Waals surface area contributed by atoms with Gasteiger partial charge in [0.1, 0.15) is 0 Å². The minimum Gasteiger partial charge on any atom is -0.325 e. The first kappa shape index (κ1) is 18.6. The minimum absolute atomic E-state index is 0.0805. The van der Waals surface area contributed by atoms with Crippen molar-refractivity contribution in [1.29, 1.82) is 0 Å². The van der Waals surface area contributed by atoms with E-state index in [4.69, 9.17) is 10.7 Å². The Hall–Kier alpha value is -1.49. The Morgan fingerprint density at radius 1 is 1.05 bits per heavy atom. The summed E-state index contributed by atoms with van der Waals surface area (Å²) in [6, 6.07) is -0.161. The van der Waals surface area contributed by atoms with Gasteiger partial charge in [-0.15, -0.1) is 0 Å². The molecular weight excluding hydrogens is 364 g/mol. The first-order valence-corrected chi connectivity index (χ1v) is 7.49. The summed E-state index contributed by atoms with van der Waals surface area (Å²) >= 11 is 0. The first-order chi connectivity index (χ1) is 9.64. The zero-order valence-electron chi connectivity index (χ0n) is 10.4. The number of anilines is 1. The largest absolute Gasteiger partial charge is 0.418 e. The minimum atomic E-state index is -5.35. The molecule has 0 saturated heterocycles. The second-order valence-corrected chi connectivity index (χ2v) is 6.57. The van der Waals surface area contributed by atoms with Gasteiger partial charge in [-0.3, -0.25) is 4.79 Å². The van der Waals surface area contributed by atoms with Crippen molar-refractivity contribution in [3.8, 4) is 0 Å². The molecule has 0 unspecified atom stereocenters. The second-order valence-electron chi connectivity index (χ2n) is 4.01. The fraction of sp³-hybridized carbons (Fsp3) is 0.300. The van der Waals surface area contributed by atoms with Gasteiger partial charge >= 0.3 is 12.4 Å². The van der Waals surface area contributed by atoms with Crippen LogP contribution in [0.3, 0.4) is 0 Å². The van der Waals surface area contributed by atoms with Crippen molar-refractivity contribution in [2.24, 2.45) is 0 Å². The van der Waals surface area contributed by atoms with Gasteiger partial charge in [0.05, 0.1) is 21.7 Å². The maximum absolute atomic E-state index is 12.9. The van der Waals surface area contributed by atoms with Crippen LogP contribution in [0.5, 0.6) is 0 Å². The molecule has 0 bridgehead atoms. The predicted molar refractivity (Wildman–Crippen MR) is 63.8 cm³/mol. The molecule has 0 fully saturated rings. The molecular formula is C10H6ClF6NO3S. The number of carbonyl (C=O) groups excluding carboxylic acids is 1. The van der Waals surface area contributed by atoms with E-state index >= 15 is 0 Å². The van der Waals surface area contributed by atoms with E-state index in [-0.39, 0.29) is 12.1 Å². The molecule has 124 valence electrons. The number of nitrogens with one attached hydrogen (secondary N) is 1. The van der Waals surface area contributed by atoms with Gasteiger partial charge in [-0.25, -0.2) is 8.42 Å². The highest BCUT2D eigenvalue weighted by molar-refractivity contribution is 8.13. The molecule has 0 aliphatic rings. The monoisotopic (exact) mass is 369 g/mol. The lowest BCUT2D eigenvalue weighted by Crippen LogP contribution is -2.20. The lowest BCUT2D eigenvalue weighted by atomic mass is 10.1. The molecule has 1 amide bonds. The standard InChI is InChI=1S/C10H6ClF6NO3S/c1-4(19)18-8-6(9(12,13)14)2-5(22(11,20)21)3-7(8)10(15,16)17/h2-3H,1H3,(H,18,19). The van der Waals surface area contributed by atoms with Crippen LogP contribution in [0.15, 0.2) is 17.0 Å². The first-order valence-electron chi connectivity index (χ1n) is 5.18. The van der Waals surface area contributed by atoms with Crippen LogP contribution in [0.2, 0.25) is 0 Å². The Kier molecular flexibility index (Phi) is 4.73. The van der Waals surface area contributed by atoms with Gasteiger partial charge in [-0.2, -0.15) is 26.3 Å². The van der Waals surface area contributed by atoms with Crippen LogP contribution in [-0.4, -0.2) is 14.3 Å². The van der Waals surface area contributed by atoms with Crippen molar-refractivity contribution >= 4 is 31.3 Å². The lowest BCUT2D eigenvalue weighted by molar-refractivity contribution is -0.142. The van der Waals surface area contributed by atoms with Crippen LogP contribution in [-0.2, 0) is 26.2 Å². The van der Waals surface area contributed by atoms with Crippen molar-refractivity contribution in [3.05, 3.63) is 23.3 Å². The summed E-state index contributed by atoms with van der Waals surface area (Å²) in [5.41, 5.74) is -5.54. The van der Waals surface area contributed by atoms with Crippen molar-refractivity contribution in [1.82, 2.24) is 0 Å². The average Bonchev–Trinajstić information content (AvgIpc) is 2.23. The predicted octanol–water partition coefficient (Wildman–Crippen LogP) is 3.61. The normalized spacial score (nSPS) is 13.1.